The molecule has 2 atom stereocenters. The second kappa shape index (κ2) is 14.6. The van der Waals surface area contributed by atoms with E-state index in [2.05, 4.69) is 5.09 Å². The monoisotopic (exact) mass is 371 g/mol. The van der Waals surface area contributed by atoms with E-state index in [1.165, 1.54) is 6.92 Å². The highest BCUT2D eigenvalue weighted by atomic mass is 31.2. The number of hydrogen-bond acceptors (Lipinski definition) is 4. The zero-order chi connectivity index (χ0) is 19.9. The molecule has 7 heteroatoms. The van der Waals surface area contributed by atoms with E-state index in [9.17, 15) is 14.3 Å². The van der Waals surface area contributed by atoms with E-state index in [1.54, 1.807) is 18.2 Å². The Labute approximate surface area is 150 Å². The molecule has 3 N–H and O–H groups in total. The van der Waals surface area contributed by atoms with Crippen LogP contribution < -0.4 is 9.61 Å². The van der Waals surface area contributed by atoms with Gasteiger partial charge in [0.05, 0.1) is 6.04 Å². The molecule has 0 heterocycles. The largest absolute Gasteiger partial charge is 0.456 e. The van der Waals surface area contributed by atoms with E-state index < -0.39 is 13.8 Å². The molecule has 0 aliphatic heterocycles. The molecule has 0 aromatic heterocycles. The standard InChI is InChI=1S/C13H14NO4P.2C2H6.CH4O/c1-10(9-15)14-19(16,17)18-13-8-4-6-11-5-2-3-7-12(11)13;3*1-2/h2-10H,1H3,(H2,14,16,17);2*1-2H3;2H,1H3. The Kier molecular flexibility index (Phi) is 14.9. The predicted molar refractivity (Wildman–Crippen MR) is 104 cm³/mol. The maximum absolute atomic E-state index is 11.9. The van der Waals surface area contributed by atoms with Crippen LogP contribution in [0.4, 0.5) is 0 Å². The summed E-state index contributed by atoms with van der Waals surface area (Å²) in [4.78, 5) is 20.2. The fraction of sp³-hybridized carbons (Fsp3) is 0.389. The minimum atomic E-state index is -4.07. The van der Waals surface area contributed by atoms with Gasteiger partial charge in [0.15, 0.2) is 0 Å². The Morgan fingerprint density at radius 3 is 2.12 bits per heavy atom. The first-order valence-electron chi connectivity index (χ1n) is 8.20. The van der Waals surface area contributed by atoms with Crippen molar-refractivity contribution < 1.29 is 23.9 Å². The summed E-state index contributed by atoms with van der Waals surface area (Å²) in [6, 6.07) is 11.8. The molecule has 0 saturated carbocycles. The lowest BCUT2D eigenvalue weighted by Crippen LogP contribution is -2.26. The van der Waals surface area contributed by atoms with Crippen LogP contribution in [0.25, 0.3) is 10.8 Å². The van der Waals surface area contributed by atoms with Gasteiger partial charge in [0.2, 0.25) is 0 Å². The van der Waals surface area contributed by atoms with Gasteiger partial charge < -0.3 is 19.3 Å². The average Bonchev–Trinajstić information content (AvgIpc) is 2.66. The van der Waals surface area contributed by atoms with Crippen LogP contribution in [0.5, 0.6) is 5.75 Å². The van der Waals surface area contributed by atoms with Crippen LogP contribution in [0.3, 0.4) is 0 Å². The van der Waals surface area contributed by atoms with E-state index in [1.807, 2.05) is 52.0 Å². The predicted octanol–water partition coefficient (Wildman–Crippen LogP) is 4.16. The van der Waals surface area contributed by atoms with Crippen LogP contribution in [0, 0.1) is 0 Å². The molecule has 2 unspecified atom stereocenters. The molecule has 2 rings (SSSR count). The van der Waals surface area contributed by atoms with Gasteiger partial charge in [-0.15, -0.1) is 0 Å². The lowest BCUT2D eigenvalue weighted by atomic mass is 10.1. The van der Waals surface area contributed by atoms with Crippen molar-refractivity contribution in [2.45, 2.75) is 40.7 Å². The fourth-order valence-corrected chi connectivity index (χ4v) is 2.78. The average molecular weight is 371 g/mol. The molecule has 0 spiro atoms. The van der Waals surface area contributed by atoms with Crippen LogP contribution in [-0.2, 0) is 9.36 Å². The number of carbonyl (C=O) groups excluding carboxylic acids is 1. The lowest BCUT2D eigenvalue weighted by Gasteiger charge is -2.17. The first kappa shape index (κ1) is 25.5. The molecule has 0 radical (unpaired) electrons. The van der Waals surface area contributed by atoms with Crippen molar-refractivity contribution in [3.05, 3.63) is 42.5 Å². The molecule has 142 valence electrons. The van der Waals surface area contributed by atoms with Gasteiger partial charge in [0.1, 0.15) is 12.0 Å². The Hall–Kier alpha value is -1.72. The summed E-state index contributed by atoms with van der Waals surface area (Å²) >= 11 is 0. The first-order chi connectivity index (χ1) is 12.0. The van der Waals surface area contributed by atoms with Crippen molar-refractivity contribution in [2.75, 3.05) is 7.11 Å². The van der Waals surface area contributed by atoms with Crippen LogP contribution in [0.15, 0.2) is 42.5 Å². The summed E-state index contributed by atoms with van der Waals surface area (Å²) < 4.78 is 17.0. The number of carbonyl (C=O) groups is 1. The molecule has 0 aliphatic carbocycles. The number of fused-ring (bicyclic) bond motifs is 1. The number of hydrogen-bond donors (Lipinski definition) is 3. The number of aliphatic hydroxyl groups is 1. The maximum atomic E-state index is 11.9. The van der Waals surface area contributed by atoms with Gasteiger partial charge in [-0.25, -0.2) is 9.65 Å². The van der Waals surface area contributed by atoms with Crippen molar-refractivity contribution >= 4 is 24.8 Å². The maximum Gasteiger partial charge on any atom is 0.456 e. The van der Waals surface area contributed by atoms with Crippen LogP contribution in [0.1, 0.15) is 34.6 Å². The third kappa shape index (κ3) is 9.37. The zero-order valence-electron chi connectivity index (χ0n) is 15.8. The van der Waals surface area contributed by atoms with Gasteiger partial charge in [-0.2, -0.15) is 0 Å². The molecule has 0 saturated heterocycles. The molecule has 0 aliphatic rings. The highest BCUT2D eigenvalue weighted by Crippen LogP contribution is 2.41. The summed E-state index contributed by atoms with van der Waals surface area (Å²) in [6.45, 7) is 9.47. The second-order valence-corrected chi connectivity index (χ2v) is 5.62. The van der Waals surface area contributed by atoms with E-state index in [-0.39, 0.29) is 0 Å². The lowest BCUT2D eigenvalue weighted by molar-refractivity contribution is -0.109. The van der Waals surface area contributed by atoms with E-state index in [0.717, 1.165) is 17.9 Å². The molecule has 2 aromatic rings. The van der Waals surface area contributed by atoms with Gasteiger partial charge in [-0.05, 0) is 18.4 Å². The Bertz CT molecular complexity index is 643. The quantitative estimate of drug-likeness (QED) is 0.540. The first-order valence-corrected chi connectivity index (χ1v) is 9.77. The summed E-state index contributed by atoms with van der Waals surface area (Å²) in [5, 5.41) is 10.9. The van der Waals surface area contributed by atoms with Gasteiger partial charge in [-0.3, -0.25) is 0 Å². The van der Waals surface area contributed by atoms with E-state index in [0.29, 0.717) is 12.0 Å². The molecule has 25 heavy (non-hydrogen) atoms. The third-order valence-corrected chi connectivity index (χ3v) is 3.72. The smallest absolute Gasteiger partial charge is 0.413 e. The molecule has 6 nitrogen and oxygen atoms in total. The van der Waals surface area contributed by atoms with Crippen molar-refractivity contribution in [1.29, 1.82) is 0 Å². The van der Waals surface area contributed by atoms with Crippen LogP contribution in [-0.4, -0.2) is 29.4 Å². The number of benzene rings is 2. The van der Waals surface area contributed by atoms with E-state index in [4.69, 9.17) is 9.63 Å². The molecule has 0 amide bonds. The topological polar surface area (TPSA) is 95.9 Å². The van der Waals surface area contributed by atoms with Gasteiger partial charge >= 0.3 is 7.75 Å². The highest BCUT2D eigenvalue weighted by molar-refractivity contribution is 7.51. The van der Waals surface area contributed by atoms with Crippen molar-refractivity contribution in [1.82, 2.24) is 5.09 Å². The number of rotatable bonds is 5. The summed E-state index contributed by atoms with van der Waals surface area (Å²) in [6.07, 6.45) is 0.537. The van der Waals surface area contributed by atoms with Gasteiger partial charge in [0.25, 0.3) is 0 Å². The molecular weight excluding hydrogens is 341 g/mol. The van der Waals surface area contributed by atoms with Crippen molar-refractivity contribution in [3.63, 3.8) is 0 Å². The Balaban J connectivity index is 0. The number of aliphatic hydroxyl groups excluding tert-OH is 1. The fourth-order valence-electron chi connectivity index (χ4n) is 1.72. The molecular formula is C18H30NO5P. The van der Waals surface area contributed by atoms with E-state index >= 15 is 0 Å². The third-order valence-electron chi connectivity index (χ3n) is 2.54. The second-order valence-electron chi connectivity index (χ2n) is 4.14. The Morgan fingerprint density at radius 1 is 1.04 bits per heavy atom. The van der Waals surface area contributed by atoms with Gasteiger partial charge in [-0.1, -0.05) is 64.1 Å². The van der Waals surface area contributed by atoms with Crippen LogP contribution >= 0.6 is 7.75 Å². The van der Waals surface area contributed by atoms with Crippen LogP contribution in [0.2, 0.25) is 0 Å². The summed E-state index contributed by atoms with van der Waals surface area (Å²) in [5.74, 6) is 0.300. The number of nitrogens with one attached hydrogen (secondary N) is 1. The highest BCUT2D eigenvalue weighted by Gasteiger charge is 2.24. The van der Waals surface area contributed by atoms with Crippen molar-refractivity contribution in [2.24, 2.45) is 0 Å². The normalized spacial score (nSPS) is 12.6. The summed E-state index contributed by atoms with van der Waals surface area (Å²) in [7, 11) is -3.07. The Morgan fingerprint density at radius 2 is 1.56 bits per heavy atom. The SMILES string of the molecule is CC.CC.CC(C=O)NP(=O)(O)Oc1cccc2ccccc12.CO. The molecule has 2 aromatic carbocycles. The molecule has 0 bridgehead atoms. The van der Waals surface area contributed by atoms with Crippen molar-refractivity contribution in [3.8, 4) is 5.75 Å². The minimum Gasteiger partial charge on any atom is -0.413 e. The summed E-state index contributed by atoms with van der Waals surface area (Å²) in [5.41, 5.74) is 0. The minimum absolute atomic E-state index is 0.300. The van der Waals surface area contributed by atoms with Gasteiger partial charge in [0, 0.05) is 12.5 Å². The molecule has 0 fully saturated rings. The number of aldehydes is 1. The zero-order valence-corrected chi connectivity index (χ0v) is 16.7.